The van der Waals surface area contributed by atoms with Crippen molar-refractivity contribution in [3.63, 3.8) is 0 Å². The zero-order valence-electron chi connectivity index (χ0n) is 10.6. The van der Waals surface area contributed by atoms with E-state index in [1.807, 2.05) is 0 Å². The van der Waals surface area contributed by atoms with E-state index in [2.05, 4.69) is 5.32 Å². The van der Waals surface area contributed by atoms with Gasteiger partial charge in [0.15, 0.2) is 0 Å². The maximum Gasteiger partial charge on any atom is 0.251 e. The largest absolute Gasteiger partial charge is 0.398 e. The van der Waals surface area contributed by atoms with Crippen molar-refractivity contribution in [3.8, 4) is 0 Å². The highest BCUT2D eigenvalue weighted by Gasteiger charge is 2.10. The first-order chi connectivity index (χ1) is 9.86. The molecule has 8 heteroatoms. The number of halogens is 3. The number of carbonyl (C=O) groups excluding carboxylic acids is 1. The van der Waals surface area contributed by atoms with E-state index >= 15 is 0 Å². The van der Waals surface area contributed by atoms with Crippen LogP contribution in [0.5, 0.6) is 0 Å². The lowest BCUT2D eigenvalue weighted by molar-refractivity contribution is -0.116. The van der Waals surface area contributed by atoms with Gasteiger partial charge in [-0.2, -0.15) is 0 Å². The van der Waals surface area contributed by atoms with Crippen molar-refractivity contribution in [2.75, 3.05) is 11.1 Å². The smallest absolute Gasteiger partial charge is 0.251 e. The van der Waals surface area contributed by atoms with Crippen LogP contribution in [0.4, 0.5) is 11.4 Å². The van der Waals surface area contributed by atoms with Crippen molar-refractivity contribution in [3.05, 3.63) is 55.9 Å². The third-order valence-corrected chi connectivity index (χ3v) is 3.64. The molecule has 3 N–H and O–H groups in total. The van der Waals surface area contributed by atoms with Crippen molar-refractivity contribution in [1.82, 2.24) is 4.57 Å². The summed E-state index contributed by atoms with van der Waals surface area (Å²) in [7, 11) is 0. The number of carbonyl (C=O) groups is 1. The molecule has 0 radical (unpaired) electrons. The lowest BCUT2D eigenvalue weighted by atomic mass is 10.3. The first-order valence-electron chi connectivity index (χ1n) is 5.77. The predicted octanol–water partition coefficient (Wildman–Crippen LogP) is 3.03. The van der Waals surface area contributed by atoms with Crippen LogP contribution in [0.2, 0.25) is 15.1 Å². The van der Waals surface area contributed by atoms with Crippen LogP contribution in [0.15, 0.2) is 35.3 Å². The van der Waals surface area contributed by atoms with Gasteiger partial charge in [-0.1, -0.05) is 34.8 Å². The molecule has 2 aromatic rings. The summed E-state index contributed by atoms with van der Waals surface area (Å²) in [6, 6.07) is 5.61. The summed E-state index contributed by atoms with van der Waals surface area (Å²) in [6.45, 7) is -0.194. The Morgan fingerprint density at radius 1 is 1.14 bits per heavy atom. The number of aromatic nitrogens is 1. The van der Waals surface area contributed by atoms with Crippen molar-refractivity contribution in [1.29, 1.82) is 0 Å². The third kappa shape index (κ3) is 3.91. The Kier molecular flexibility index (Phi) is 4.77. The number of hydrogen-bond donors (Lipinski definition) is 2. The van der Waals surface area contributed by atoms with Gasteiger partial charge in [0.25, 0.3) is 5.56 Å². The summed E-state index contributed by atoms with van der Waals surface area (Å²) in [5.74, 6) is -0.442. The monoisotopic (exact) mass is 345 g/mol. The molecule has 2 rings (SSSR count). The second-order valence-electron chi connectivity index (χ2n) is 4.22. The molecular formula is C13H10Cl3N3O2. The molecule has 0 aliphatic heterocycles. The molecule has 1 aromatic heterocycles. The van der Waals surface area contributed by atoms with E-state index in [1.54, 1.807) is 0 Å². The fourth-order valence-corrected chi connectivity index (χ4v) is 2.23. The zero-order valence-corrected chi connectivity index (χ0v) is 12.8. The van der Waals surface area contributed by atoms with E-state index in [4.69, 9.17) is 40.5 Å². The van der Waals surface area contributed by atoms with E-state index < -0.39 is 5.91 Å². The van der Waals surface area contributed by atoms with Crippen molar-refractivity contribution >= 4 is 52.1 Å². The van der Waals surface area contributed by atoms with Crippen LogP contribution in [0.3, 0.4) is 0 Å². The standard InChI is InChI=1S/C13H10Cl3N3O2/c14-8-3-10(16)11(4-9(8)15)18-12(20)6-19-5-7(17)1-2-13(19)21/h1-5H,6,17H2,(H,18,20). The highest BCUT2D eigenvalue weighted by Crippen LogP contribution is 2.32. The molecule has 0 atom stereocenters. The SMILES string of the molecule is Nc1ccc(=O)n(CC(=O)Nc2cc(Cl)c(Cl)cc2Cl)c1. The van der Waals surface area contributed by atoms with E-state index in [-0.39, 0.29) is 27.2 Å². The van der Waals surface area contributed by atoms with Gasteiger partial charge < -0.3 is 15.6 Å². The molecule has 0 aliphatic carbocycles. The molecule has 0 saturated heterocycles. The van der Waals surface area contributed by atoms with Gasteiger partial charge in [0.2, 0.25) is 5.91 Å². The van der Waals surface area contributed by atoms with Gasteiger partial charge in [0.1, 0.15) is 6.54 Å². The molecule has 5 nitrogen and oxygen atoms in total. The number of benzene rings is 1. The highest BCUT2D eigenvalue weighted by atomic mass is 35.5. The second-order valence-corrected chi connectivity index (χ2v) is 5.44. The molecule has 0 saturated carbocycles. The van der Waals surface area contributed by atoms with Gasteiger partial charge in [-0.05, 0) is 18.2 Å². The van der Waals surface area contributed by atoms with Gasteiger partial charge in [0.05, 0.1) is 20.8 Å². The van der Waals surface area contributed by atoms with Gasteiger partial charge in [0, 0.05) is 18.0 Å². The van der Waals surface area contributed by atoms with Crippen molar-refractivity contribution < 1.29 is 4.79 Å². The van der Waals surface area contributed by atoms with Crippen LogP contribution in [0, 0.1) is 0 Å². The second kappa shape index (κ2) is 6.39. The normalized spacial score (nSPS) is 10.4. The maximum atomic E-state index is 11.9. The van der Waals surface area contributed by atoms with Crippen molar-refractivity contribution in [2.24, 2.45) is 0 Å². The Morgan fingerprint density at radius 3 is 2.52 bits per heavy atom. The van der Waals surface area contributed by atoms with E-state index in [9.17, 15) is 9.59 Å². The molecular weight excluding hydrogens is 337 g/mol. The Balaban J connectivity index is 2.17. The minimum absolute atomic E-state index is 0.194. The summed E-state index contributed by atoms with van der Waals surface area (Å²) in [5, 5.41) is 3.35. The van der Waals surface area contributed by atoms with E-state index in [0.717, 1.165) is 0 Å². The van der Waals surface area contributed by atoms with Crippen LogP contribution in [0.25, 0.3) is 0 Å². The van der Waals surface area contributed by atoms with Crippen LogP contribution in [-0.2, 0) is 11.3 Å². The van der Waals surface area contributed by atoms with E-state index in [1.165, 1.54) is 35.0 Å². The average Bonchev–Trinajstić information content (AvgIpc) is 2.40. The molecule has 1 aromatic carbocycles. The molecule has 0 unspecified atom stereocenters. The Hall–Kier alpha value is -1.69. The zero-order chi connectivity index (χ0) is 15.6. The van der Waals surface area contributed by atoms with Crippen LogP contribution in [-0.4, -0.2) is 10.5 Å². The number of amides is 1. The lowest BCUT2D eigenvalue weighted by Crippen LogP contribution is -2.27. The van der Waals surface area contributed by atoms with E-state index in [0.29, 0.717) is 11.4 Å². The fraction of sp³-hybridized carbons (Fsp3) is 0.0769. The number of rotatable bonds is 3. The molecule has 21 heavy (non-hydrogen) atoms. The third-order valence-electron chi connectivity index (χ3n) is 2.60. The number of pyridine rings is 1. The Morgan fingerprint density at radius 2 is 1.81 bits per heavy atom. The van der Waals surface area contributed by atoms with Gasteiger partial charge >= 0.3 is 0 Å². The first-order valence-corrected chi connectivity index (χ1v) is 6.90. The van der Waals surface area contributed by atoms with Gasteiger partial charge in [-0.3, -0.25) is 9.59 Å². The topological polar surface area (TPSA) is 77.1 Å². The molecule has 0 spiro atoms. The highest BCUT2D eigenvalue weighted by molar-refractivity contribution is 6.44. The molecule has 110 valence electrons. The molecule has 0 aliphatic rings. The molecule has 0 fully saturated rings. The number of nitrogen functional groups attached to an aromatic ring is 1. The average molecular weight is 347 g/mol. The summed E-state index contributed by atoms with van der Waals surface area (Å²) >= 11 is 17.6. The van der Waals surface area contributed by atoms with Crippen LogP contribution < -0.4 is 16.6 Å². The molecule has 1 heterocycles. The predicted molar refractivity (Wildman–Crippen MR) is 85.2 cm³/mol. The molecule has 1 amide bonds. The Labute approximate surface area is 135 Å². The lowest BCUT2D eigenvalue weighted by Gasteiger charge is -2.10. The quantitative estimate of drug-likeness (QED) is 0.839. The summed E-state index contributed by atoms with van der Waals surface area (Å²) in [4.78, 5) is 23.5. The van der Waals surface area contributed by atoms with Gasteiger partial charge in [-0.15, -0.1) is 0 Å². The summed E-state index contributed by atoms with van der Waals surface area (Å²) in [6.07, 6.45) is 1.39. The maximum absolute atomic E-state index is 11.9. The number of hydrogen-bond acceptors (Lipinski definition) is 3. The number of nitrogens with zero attached hydrogens (tertiary/aromatic N) is 1. The minimum Gasteiger partial charge on any atom is -0.398 e. The van der Waals surface area contributed by atoms with Crippen LogP contribution >= 0.6 is 34.8 Å². The fourth-order valence-electron chi connectivity index (χ4n) is 1.64. The Bertz CT molecular complexity index is 759. The minimum atomic E-state index is -0.442. The van der Waals surface area contributed by atoms with Crippen LogP contribution in [0.1, 0.15) is 0 Å². The van der Waals surface area contributed by atoms with Gasteiger partial charge in [-0.25, -0.2) is 0 Å². The first kappa shape index (κ1) is 15.7. The number of nitrogens with two attached hydrogens (primary N) is 1. The number of nitrogens with one attached hydrogen (secondary N) is 1. The summed E-state index contributed by atoms with van der Waals surface area (Å²) < 4.78 is 1.19. The van der Waals surface area contributed by atoms with Crippen molar-refractivity contribution in [2.45, 2.75) is 6.54 Å². The molecule has 0 bridgehead atoms. The summed E-state index contributed by atoms with van der Waals surface area (Å²) in [5.41, 5.74) is 5.94. The number of anilines is 2.